The van der Waals surface area contributed by atoms with Crippen molar-refractivity contribution in [2.24, 2.45) is 0 Å². The summed E-state index contributed by atoms with van der Waals surface area (Å²) in [6.45, 7) is -0.190. The van der Waals surface area contributed by atoms with Crippen LogP contribution in [0.4, 0.5) is 5.69 Å². The van der Waals surface area contributed by atoms with E-state index in [-0.39, 0.29) is 30.0 Å². The Hall–Kier alpha value is -3.39. The molecule has 0 saturated heterocycles. The van der Waals surface area contributed by atoms with E-state index in [0.29, 0.717) is 45.6 Å². The number of carbonyl (C=O) groups excluding carboxylic acids is 3. The first-order valence-corrected chi connectivity index (χ1v) is 12.9. The minimum atomic E-state index is -0.379. The van der Waals surface area contributed by atoms with Crippen molar-refractivity contribution < 1.29 is 23.9 Å². The number of dihydropyridines is 1. The average molecular weight is 551 g/mol. The number of hydrogen-bond donors (Lipinski definition) is 2. The number of halogens is 1. The summed E-state index contributed by atoms with van der Waals surface area (Å²) in [6.07, 6.45) is 4.26. The average Bonchev–Trinajstić information content (AvgIpc) is 2.87. The number of hydrogen-bond acceptors (Lipinski definition) is 6. The molecule has 1 aliphatic heterocycles. The Morgan fingerprint density at radius 1 is 0.972 bits per heavy atom. The Morgan fingerprint density at radius 2 is 1.64 bits per heavy atom. The molecule has 8 heteroatoms. The molecule has 2 aromatic rings. The number of para-hydroxylation sites is 2. The highest BCUT2D eigenvalue weighted by molar-refractivity contribution is 9.10. The van der Waals surface area contributed by atoms with Crippen LogP contribution in [-0.4, -0.2) is 31.2 Å². The van der Waals surface area contributed by atoms with Gasteiger partial charge in [0.2, 0.25) is 0 Å². The molecule has 186 valence electrons. The lowest BCUT2D eigenvalue weighted by Gasteiger charge is -2.37. The zero-order chi connectivity index (χ0) is 25.2. The van der Waals surface area contributed by atoms with Crippen molar-refractivity contribution in [3.05, 3.63) is 75.0 Å². The quantitative estimate of drug-likeness (QED) is 0.514. The Balaban J connectivity index is 1.37. The third kappa shape index (κ3) is 4.69. The first-order valence-electron chi connectivity index (χ1n) is 12.1. The molecule has 2 aromatic carbocycles. The molecule has 0 saturated carbocycles. The van der Waals surface area contributed by atoms with Crippen molar-refractivity contribution in [2.45, 2.75) is 44.4 Å². The highest BCUT2D eigenvalue weighted by Crippen LogP contribution is 2.46. The molecule has 1 heterocycles. The van der Waals surface area contributed by atoms with Crippen molar-refractivity contribution >= 4 is 39.1 Å². The first kappa shape index (κ1) is 24.3. The van der Waals surface area contributed by atoms with Gasteiger partial charge in [0.1, 0.15) is 11.5 Å². The highest BCUT2D eigenvalue weighted by atomic mass is 79.9. The minimum Gasteiger partial charge on any atom is -0.495 e. The summed E-state index contributed by atoms with van der Waals surface area (Å²) in [4.78, 5) is 38.5. The number of rotatable bonds is 6. The molecule has 0 bridgehead atoms. The molecule has 0 atom stereocenters. The van der Waals surface area contributed by atoms with Crippen LogP contribution in [0.3, 0.4) is 0 Å². The summed E-state index contributed by atoms with van der Waals surface area (Å²) in [5.41, 5.74) is 4.76. The third-order valence-electron chi connectivity index (χ3n) is 6.82. The molecule has 0 radical (unpaired) electrons. The van der Waals surface area contributed by atoms with Gasteiger partial charge in [0.25, 0.3) is 5.91 Å². The van der Waals surface area contributed by atoms with Gasteiger partial charge < -0.3 is 20.1 Å². The van der Waals surface area contributed by atoms with Crippen molar-refractivity contribution in [2.75, 3.05) is 19.0 Å². The predicted octanol–water partition coefficient (Wildman–Crippen LogP) is 5.18. The number of benzene rings is 2. The van der Waals surface area contributed by atoms with Crippen LogP contribution in [0.1, 0.15) is 50.0 Å². The standard InChI is InChI=1S/C28H27BrN2O5/c1-35-24-11-3-2-6-18(24)31-25(34)15-36-23-13-12-16(14-17(23)29)26-27-19(7-4-9-21(27)32)30-20-8-5-10-22(33)28(20)26/h2-3,6,11-14,26,30H,4-5,7-10,15H2,1H3,(H,31,34). The Bertz CT molecular complexity index is 1270. The molecule has 0 spiro atoms. The largest absolute Gasteiger partial charge is 0.495 e. The molecular formula is C28H27BrN2O5. The fourth-order valence-corrected chi connectivity index (χ4v) is 5.72. The van der Waals surface area contributed by atoms with Gasteiger partial charge in [-0.1, -0.05) is 18.2 Å². The predicted molar refractivity (Wildman–Crippen MR) is 139 cm³/mol. The number of Topliss-reactive ketones (excluding diaryl/α,β-unsaturated/α-hetero) is 2. The van der Waals surface area contributed by atoms with Gasteiger partial charge in [0.15, 0.2) is 18.2 Å². The van der Waals surface area contributed by atoms with Crippen LogP contribution in [0.25, 0.3) is 0 Å². The van der Waals surface area contributed by atoms with E-state index in [9.17, 15) is 14.4 Å². The fraction of sp³-hybridized carbons (Fsp3) is 0.321. The van der Waals surface area contributed by atoms with E-state index in [1.54, 1.807) is 25.3 Å². The molecule has 0 unspecified atom stereocenters. The van der Waals surface area contributed by atoms with Crippen LogP contribution in [0.15, 0.2) is 69.5 Å². The topological polar surface area (TPSA) is 93.7 Å². The van der Waals surface area contributed by atoms with Gasteiger partial charge in [-0.15, -0.1) is 0 Å². The zero-order valence-electron chi connectivity index (χ0n) is 20.0. The van der Waals surface area contributed by atoms with Crippen LogP contribution in [0.2, 0.25) is 0 Å². The van der Waals surface area contributed by atoms with Gasteiger partial charge in [0, 0.05) is 41.3 Å². The van der Waals surface area contributed by atoms with Gasteiger partial charge in [-0.3, -0.25) is 14.4 Å². The maximum atomic E-state index is 13.0. The molecule has 1 amide bonds. The van der Waals surface area contributed by atoms with Gasteiger partial charge in [0.05, 0.1) is 17.3 Å². The first-order chi connectivity index (χ1) is 17.5. The number of methoxy groups -OCH3 is 1. The van der Waals surface area contributed by atoms with Gasteiger partial charge in [-0.05, 0) is 71.4 Å². The lowest BCUT2D eigenvalue weighted by atomic mass is 9.71. The molecule has 36 heavy (non-hydrogen) atoms. The van der Waals surface area contributed by atoms with E-state index in [1.807, 2.05) is 24.3 Å². The number of ether oxygens (including phenoxy) is 2. The fourth-order valence-electron chi connectivity index (χ4n) is 5.21. The number of allylic oxidation sites excluding steroid dienone is 4. The number of ketones is 2. The summed E-state index contributed by atoms with van der Waals surface area (Å²) >= 11 is 3.57. The molecule has 2 aliphatic carbocycles. The van der Waals surface area contributed by atoms with E-state index in [4.69, 9.17) is 9.47 Å². The highest BCUT2D eigenvalue weighted by Gasteiger charge is 2.40. The van der Waals surface area contributed by atoms with E-state index in [2.05, 4.69) is 26.6 Å². The second-order valence-electron chi connectivity index (χ2n) is 9.12. The Kier molecular flexibility index (Phi) is 6.96. The van der Waals surface area contributed by atoms with Gasteiger partial charge >= 0.3 is 0 Å². The summed E-state index contributed by atoms with van der Waals surface area (Å²) in [5, 5.41) is 6.22. The summed E-state index contributed by atoms with van der Waals surface area (Å²) < 4.78 is 11.7. The van der Waals surface area contributed by atoms with Crippen LogP contribution >= 0.6 is 15.9 Å². The molecular weight excluding hydrogens is 524 g/mol. The van der Waals surface area contributed by atoms with Crippen LogP contribution < -0.4 is 20.1 Å². The lowest BCUT2D eigenvalue weighted by Crippen LogP contribution is -2.36. The van der Waals surface area contributed by atoms with Crippen LogP contribution in [-0.2, 0) is 14.4 Å². The molecule has 5 rings (SSSR count). The van der Waals surface area contributed by atoms with Gasteiger partial charge in [-0.2, -0.15) is 0 Å². The molecule has 2 N–H and O–H groups in total. The smallest absolute Gasteiger partial charge is 0.262 e. The zero-order valence-corrected chi connectivity index (χ0v) is 21.6. The number of carbonyl (C=O) groups is 3. The summed E-state index contributed by atoms with van der Waals surface area (Å²) in [7, 11) is 1.54. The normalized spacial score (nSPS) is 17.8. The molecule has 0 fully saturated rings. The van der Waals surface area contributed by atoms with Crippen LogP contribution in [0.5, 0.6) is 11.5 Å². The van der Waals surface area contributed by atoms with Gasteiger partial charge in [-0.25, -0.2) is 0 Å². The summed E-state index contributed by atoms with van der Waals surface area (Å²) in [5.74, 6) is 0.563. The van der Waals surface area contributed by atoms with Crippen molar-refractivity contribution in [1.29, 1.82) is 0 Å². The summed E-state index contributed by atoms with van der Waals surface area (Å²) in [6, 6.07) is 12.7. The van der Waals surface area contributed by atoms with Crippen LogP contribution in [0, 0.1) is 0 Å². The Labute approximate surface area is 218 Å². The molecule has 3 aliphatic rings. The Morgan fingerprint density at radius 3 is 2.28 bits per heavy atom. The van der Waals surface area contributed by atoms with Crippen molar-refractivity contribution in [3.63, 3.8) is 0 Å². The maximum absolute atomic E-state index is 13.0. The maximum Gasteiger partial charge on any atom is 0.262 e. The van der Waals surface area contributed by atoms with E-state index in [0.717, 1.165) is 42.6 Å². The molecule has 7 nitrogen and oxygen atoms in total. The second kappa shape index (κ2) is 10.3. The molecule has 0 aromatic heterocycles. The SMILES string of the molecule is COc1ccccc1NC(=O)COc1ccc(C2C3=C(CCCC3=O)NC3=C2C(=O)CCC3)cc1Br. The van der Waals surface area contributed by atoms with E-state index in [1.165, 1.54) is 0 Å². The van der Waals surface area contributed by atoms with E-state index < -0.39 is 0 Å². The van der Waals surface area contributed by atoms with Crippen molar-refractivity contribution in [1.82, 2.24) is 5.32 Å². The lowest BCUT2D eigenvalue weighted by molar-refractivity contribution is -0.118. The second-order valence-corrected chi connectivity index (χ2v) is 9.98. The number of anilines is 1. The van der Waals surface area contributed by atoms with E-state index >= 15 is 0 Å². The number of amides is 1. The minimum absolute atomic E-state index is 0.100. The third-order valence-corrected chi connectivity index (χ3v) is 7.44. The number of nitrogens with one attached hydrogen (secondary N) is 2. The van der Waals surface area contributed by atoms with Crippen molar-refractivity contribution in [3.8, 4) is 11.5 Å². The monoisotopic (exact) mass is 550 g/mol.